The lowest BCUT2D eigenvalue weighted by Gasteiger charge is -2.36. The number of carbonyl (C=O) groups excluding carboxylic acids is 1. The van der Waals surface area contributed by atoms with E-state index < -0.39 is 11.9 Å². The van der Waals surface area contributed by atoms with E-state index in [2.05, 4.69) is 6.92 Å². The molecular formula is C14H24N2O4. The molecule has 114 valence electrons. The summed E-state index contributed by atoms with van der Waals surface area (Å²) in [5.41, 5.74) is 0. The van der Waals surface area contributed by atoms with Crippen LogP contribution in [0.25, 0.3) is 0 Å². The third-order valence-electron chi connectivity index (χ3n) is 4.63. The summed E-state index contributed by atoms with van der Waals surface area (Å²) in [6.07, 6.45) is 3.24. The molecule has 2 aliphatic heterocycles. The fourth-order valence-electron chi connectivity index (χ4n) is 3.06. The average molecular weight is 284 g/mol. The Morgan fingerprint density at radius 2 is 1.95 bits per heavy atom. The van der Waals surface area contributed by atoms with Gasteiger partial charge in [-0.15, -0.1) is 0 Å². The van der Waals surface area contributed by atoms with Gasteiger partial charge in [0.2, 0.25) is 0 Å². The van der Waals surface area contributed by atoms with Crippen molar-refractivity contribution in [3.8, 4) is 0 Å². The Kier molecular flexibility index (Phi) is 4.86. The fourth-order valence-corrected chi connectivity index (χ4v) is 3.06. The maximum absolute atomic E-state index is 12.5. The highest BCUT2D eigenvalue weighted by atomic mass is 16.5. The molecule has 0 saturated carbocycles. The number of urea groups is 1. The molecule has 2 fully saturated rings. The zero-order valence-corrected chi connectivity index (χ0v) is 12.2. The van der Waals surface area contributed by atoms with Crippen LogP contribution in [-0.4, -0.2) is 66.3 Å². The number of nitrogens with zero attached hydrogens (tertiary/aromatic N) is 2. The molecule has 0 radical (unpaired) electrons. The van der Waals surface area contributed by atoms with Gasteiger partial charge in [0.15, 0.2) is 0 Å². The van der Waals surface area contributed by atoms with Crippen molar-refractivity contribution in [2.75, 3.05) is 33.4 Å². The predicted molar refractivity (Wildman–Crippen MR) is 73.5 cm³/mol. The number of carboxylic acids is 1. The van der Waals surface area contributed by atoms with Gasteiger partial charge < -0.3 is 19.6 Å². The summed E-state index contributed by atoms with van der Waals surface area (Å²) in [7, 11) is 1.68. The summed E-state index contributed by atoms with van der Waals surface area (Å²) in [4.78, 5) is 27.0. The Morgan fingerprint density at radius 3 is 2.50 bits per heavy atom. The number of amides is 2. The maximum Gasteiger partial charge on any atom is 0.320 e. The van der Waals surface area contributed by atoms with Crippen LogP contribution >= 0.6 is 0 Å². The molecule has 6 heteroatoms. The normalized spacial score (nSPS) is 27.6. The van der Waals surface area contributed by atoms with Crippen LogP contribution in [0, 0.1) is 11.8 Å². The van der Waals surface area contributed by atoms with Crippen molar-refractivity contribution in [2.24, 2.45) is 11.8 Å². The van der Waals surface area contributed by atoms with E-state index in [1.807, 2.05) is 4.90 Å². The van der Waals surface area contributed by atoms with Crippen LogP contribution in [0.15, 0.2) is 0 Å². The van der Waals surface area contributed by atoms with Crippen LogP contribution in [-0.2, 0) is 9.53 Å². The lowest BCUT2D eigenvalue weighted by Crippen LogP contribution is -2.51. The van der Waals surface area contributed by atoms with Crippen LogP contribution in [0.4, 0.5) is 4.79 Å². The number of rotatable bonds is 3. The molecule has 20 heavy (non-hydrogen) atoms. The molecule has 0 bridgehead atoms. The van der Waals surface area contributed by atoms with E-state index in [0.29, 0.717) is 12.5 Å². The minimum atomic E-state index is -0.892. The minimum Gasteiger partial charge on any atom is -0.481 e. The summed E-state index contributed by atoms with van der Waals surface area (Å²) in [5, 5.41) is 9.16. The second-order valence-corrected chi connectivity index (χ2v) is 5.78. The van der Waals surface area contributed by atoms with Gasteiger partial charge in [0, 0.05) is 20.1 Å². The van der Waals surface area contributed by atoms with E-state index in [1.54, 1.807) is 11.9 Å². The van der Waals surface area contributed by atoms with Crippen molar-refractivity contribution in [3.05, 3.63) is 0 Å². The first-order chi connectivity index (χ1) is 9.54. The monoisotopic (exact) mass is 284 g/mol. The van der Waals surface area contributed by atoms with Crippen molar-refractivity contribution in [2.45, 2.75) is 32.2 Å². The van der Waals surface area contributed by atoms with Crippen molar-refractivity contribution in [1.82, 2.24) is 9.80 Å². The lowest BCUT2D eigenvalue weighted by atomic mass is 9.94. The molecule has 1 N–H and O–H groups in total. The molecule has 2 amide bonds. The van der Waals surface area contributed by atoms with Gasteiger partial charge in [-0.2, -0.15) is 0 Å². The maximum atomic E-state index is 12.5. The van der Waals surface area contributed by atoms with Gasteiger partial charge in [0.25, 0.3) is 0 Å². The molecule has 2 atom stereocenters. The quantitative estimate of drug-likeness (QED) is 0.847. The highest BCUT2D eigenvalue weighted by molar-refractivity contribution is 5.77. The molecule has 2 saturated heterocycles. The second kappa shape index (κ2) is 6.43. The van der Waals surface area contributed by atoms with Gasteiger partial charge in [-0.25, -0.2) is 4.79 Å². The number of hydrogen-bond acceptors (Lipinski definition) is 3. The number of carbonyl (C=O) groups is 2. The molecule has 2 rings (SSSR count). The summed E-state index contributed by atoms with van der Waals surface area (Å²) in [6.45, 7) is 4.22. The molecule has 0 aromatic rings. The number of piperidine rings is 1. The number of ether oxygens (including phenoxy) is 1. The van der Waals surface area contributed by atoms with Crippen molar-refractivity contribution in [3.63, 3.8) is 0 Å². The number of hydrogen-bond donors (Lipinski definition) is 1. The largest absolute Gasteiger partial charge is 0.481 e. The number of likely N-dealkylation sites (tertiary alicyclic amines) is 1. The topological polar surface area (TPSA) is 70.1 Å². The Bertz CT molecular complexity index is 366. The van der Waals surface area contributed by atoms with Gasteiger partial charge in [0.05, 0.1) is 19.3 Å². The van der Waals surface area contributed by atoms with Gasteiger partial charge in [-0.1, -0.05) is 13.3 Å². The first-order valence-corrected chi connectivity index (χ1v) is 7.36. The third-order valence-corrected chi connectivity index (χ3v) is 4.63. The summed E-state index contributed by atoms with van der Waals surface area (Å²) >= 11 is 0. The first-order valence-electron chi connectivity index (χ1n) is 7.36. The average Bonchev–Trinajstić information content (AvgIpc) is 2.95. The smallest absolute Gasteiger partial charge is 0.320 e. The molecule has 6 nitrogen and oxygen atoms in total. The van der Waals surface area contributed by atoms with E-state index >= 15 is 0 Å². The van der Waals surface area contributed by atoms with E-state index in [0.717, 1.165) is 32.4 Å². The molecule has 2 aliphatic rings. The lowest BCUT2D eigenvalue weighted by molar-refractivity contribution is -0.142. The van der Waals surface area contributed by atoms with Crippen LogP contribution in [0.1, 0.15) is 26.2 Å². The first kappa shape index (κ1) is 15.1. The molecule has 0 aromatic carbocycles. The Labute approximate surface area is 119 Å². The standard InChI is InChI=1S/C14H24N2O4/c1-3-10-4-6-16(7-5-10)14(19)15(2)12-9-20-8-11(12)13(17)18/h10-12H,3-9H2,1-2H3,(H,17,18). The summed E-state index contributed by atoms with van der Waals surface area (Å²) in [6, 6.07) is -0.426. The molecule has 2 heterocycles. The van der Waals surface area contributed by atoms with E-state index in [4.69, 9.17) is 9.84 Å². The Morgan fingerprint density at radius 1 is 1.30 bits per heavy atom. The summed E-state index contributed by atoms with van der Waals surface area (Å²) in [5.74, 6) is -0.792. The van der Waals surface area contributed by atoms with Crippen LogP contribution in [0.5, 0.6) is 0 Å². The summed E-state index contributed by atoms with van der Waals surface area (Å²) < 4.78 is 5.23. The SMILES string of the molecule is CCC1CCN(C(=O)N(C)C2COCC2C(=O)O)CC1. The predicted octanol–water partition coefficient (Wildman–Crippen LogP) is 1.26. The van der Waals surface area contributed by atoms with Crippen LogP contribution in [0.2, 0.25) is 0 Å². The zero-order valence-electron chi connectivity index (χ0n) is 12.2. The molecule has 0 spiro atoms. The third kappa shape index (κ3) is 3.06. The number of likely N-dealkylation sites (N-methyl/N-ethyl adjacent to an activating group) is 1. The number of carboxylic acid groups (broad SMARTS) is 1. The highest BCUT2D eigenvalue weighted by Gasteiger charge is 2.39. The van der Waals surface area contributed by atoms with Gasteiger partial charge in [0.1, 0.15) is 5.92 Å². The zero-order chi connectivity index (χ0) is 14.7. The molecule has 0 aliphatic carbocycles. The van der Waals surface area contributed by atoms with Crippen LogP contribution < -0.4 is 0 Å². The van der Waals surface area contributed by atoms with Gasteiger partial charge in [-0.05, 0) is 18.8 Å². The minimum absolute atomic E-state index is 0.0682. The molecule has 0 aromatic heterocycles. The van der Waals surface area contributed by atoms with Crippen molar-refractivity contribution < 1.29 is 19.4 Å². The van der Waals surface area contributed by atoms with Gasteiger partial charge >= 0.3 is 12.0 Å². The number of aliphatic carboxylic acids is 1. The highest BCUT2D eigenvalue weighted by Crippen LogP contribution is 2.24. The van der Waals surface area contributed by atoms with E-state index in [9.17, 15) is 9.59 Å². The molecular weight excluding hydrogens is 260 g/mol. The van der Waals surface area contributed by atoms with E-state index in [1.165, 1.54) is 0 Å². The second-order valence-electron chi connectivity index (χ2n) is 5.78. The van der Waals surface area contributed by atoms with Crippen molar-refractivity contribution >= 4 is 12.0 Å². The van der Waals surface area contributed by atoms with Crippen molar-refractivity contribution in [1.29, 1.82) is 0 Å². The van der Waals surface area contributed by atoms with E-state index in [-0.39, 0.29) is 18.7 Å². The molecule has 2 unspecified atom stereocenters. The fraction of sp³-hybridized carbons (Fsp3) is 0.857. The Hall–Kier alpha value is -1.30. The van der Waals surface area contributed by atoms with Gasteiger partial charge in [-0.3, -0.25) is 4.79 Å². The van der Waals surface area contributed by atoms with Crippen LogP contribution in [0.3, 0.4) is 0 Å². The Balaban J connectivity index is 1.93.